The second-order valence-corrected chi connectivity index (χ2v) is 4.55. The monoisotopic (exact) mass is 258 g/mol. The average Bonchev–Trinajstić information content (AvgIpc) is 2.40. The molecule has 0 aromatic heterocycles. The third-order valence-electron chi connectivity index (χ3n) is 2.85. The Labute approximate surface area is 112 Å². The van der Waals surface area contributed by atoms with Gasteiger partial charge >= 0.3 is 0 Å². The molecule has 1 N–H and O–H groups in total. The van der Waals surface area contributed by atoms with Crippen LogP contribution in [0.1, 0.15) is 18.1 Å². The third-order valence-corrected chi connectivity index (χ3v) is 3.18. The molecule has 0 saturated heterocycles. The van der Waals surface area contributed by atoms with Crippen molar-refractivity contribution < 1.29 is 5.11 Å². The number of aliphatic hydroxyl groups excluding tert-OH is 1. The Morgan fingerprint density at radius 2 is 1.94 bits per heavy atom. The molecule has 2 aromatic rings. The zero-order valence-electron chi connectivity index (χ0n) is 10.0. The molecular weight excluding hydrogens is 244 g/mol. The predicted octanol–water partition coefficient (Wildman–Crippen LogP) is 4.62. The minimum atomic E-state index is -0.509. The van der Waals surface area contributed by atoms with Gasteiger partial charge in [0.05, 0.1) is 6.10 Å². The minimum Gasteiger partial charge on any atom is -0.388 e. The Hall–Kier alpha value is -1.57. The van der Waals surface area contributed by atoms with Crippen LogP contribution < -0.4 is 0 Å². The number of rotatable bonds is 4. The van der Waals surface area contributed by atoms with Crippen LogP contribution in [-0.4, -0.2) is 5.11 Å². The van der Waals surface area contributed by atoms with Crippen molar-refractivity contribution in [2.45, 2.75) is 12.5 Å². The molecule has 18 heavy (non-hydrogen) atoms. The number of hydrogen-bond acceptors (Lipinski definition) is 1. The minimum absolute atomic E-state index is 0.509. The zero-order valence-corrected chi connectivity index (χ0v) is 10.8. The maximum absolute atomic E-state index is 9.96. The first-order chi connectivity index (χ1) is 8.72. The van der Waals surface area contributed by atoms with E-state index in [1.807, 2.05) is 48.5 Å². The molecule has 1 atom stereocenters. The lowest BCUT2D eigenvalue weighted by atomic mass is 9.99. The molecular formula is C16H15ClO. The van der Waals surface area contributed by atoms with Crippen LogP contribution in [0.4, 0.5) is 0 Å². The van der Waals surface area contributed by atoms with Crippen molar-refractivity contribution in [3.05, 3.63) is 71.8 Å². The van der Waals surface area contributed by atoms with Gasteiger partial charge in [0.25, 0.3) is 0 Å². The van der Waals surface area contributed by atoms with E-state index in [-0.39, 0.29) is 0 Å². The smallest absolute Gasteiger partial charge is 0.0824 e. The Morgan fingerprint density at radius 3 is 2.67 bits per heavy atom. The fourth-order valence-corrected chi connectivity index (χ4v) is 2.15. The fraction of sp³-hybridized carbons (Fsp3) is 0.125. The van der Waals surface area contributed by atoms with E-state index in [4.69, 9.17) is 11.6 Å². The summed E-state index contributed by atoms with van der Waals surface area (Å²) in [6, 6.07) is 15.5. The van der Waals surface area contributed by atoms with E-state index < -0.39 is 6.10 Å². The van der Waals surface area contributed by atoms with Gasteiger partial charge in [-0.1, -0.05) is 54.1 Å². The standard InChI is InChI=1S/C16H15ClO/c1-2-6-16(18)13-8-5-7-12(11-13)14-9-3-4-10-15(14)17/h2-5,7-11,16,18H,1,6H2. The molecule has 0 spiro atoms. The Bertz CT molecular complexity index is 548. The van der Waals surface area contributed by atoms with Crippen molar-refractivity contribution in [3.63, 3.8) is 0 Å². The Balaban J connectivity index is 2.38. The molecule has 0 saturated carbocycles. The molecule has 1 nitrogen and oxygen atoms in total. The van der Waals surface area contributed by atoms with Gasteiger partial charge in [-0.3, -0.25) is 0 Å². The highest BCUT2D eigenvalue weighted by atomic mass is 35.5. The van der Waals surface area contributed by atoms with Gasteiger partial charge in [0.1, 0.15) is 0 Å². The SMILES string of the molecule is C=CCC(O)c1cccc(-c2ccccc2Cl)c1. The molecule has 1 unspecified atom stereocenters. The van der Waals surface area contributed by atoms with E-state index >= 15 is 0 Å². The summed E-state index contributed by atoms with van der Waals surface area (Å²) in [5, 5.41) is 10.7. The van der Waals surface area contributed by atoms with Crippen molar-refractivity contribution >= 4 is 11.6 Å². The zero-order chi connectivity index (χ0) is 13.0. The number of aliphatic hydroxyl groups is 1. The Kier molecular flexibility index (Phi) is 4.19. The Morgan fingerprint density at radius 1 is 1.17 bits per heavy atom. The average molecular weight is 259 g/mol. The maximum atomic E-state index is 9.96. The lowest BCUT2D eigenvalue weighted by Crippen LogP contribution is -1.95. The second kappa shape index (κ2) is 5.85. The van der Waals surface area contributed by atoms with Gasteiger partial charge in [-0.15, -0.1) is 6.58 Å². The first-order valence-electron chi connectivity index (χ1n) is 5.86. The summed E-state index contributed by atoms with van der Waals surface area (Å²) in [7, 11) is 0. The van der Waals surface area contributed by atoms with Crippen LogP contribution in [0.15, 0.2) is 61.2 Å². The molecule has 0 aliphatic carbocycles. The largest absolute Gasteiger partial charge is 0.388 e. The van der Waals surface area contributed by atoms with Crippen LogP contribution in [0.5, 0.6) is 0 Å². The van der Waals surface area contributed by atoms with Gasteiger partial charge in [0.2, 0.25) is 0 Å². The highest BCUT2D eigenvalue weighted by Crippen LogP contribution is 2.29. The summed E-state index contributed by atoms with van der Waals surface area (Å²) < 4.78 is 0. The molecule has 2 aromatic carbocycles. The molecule has 0 aliphatic rings. The summed E-state index contributed by atoms with van der Waals surface area (Å²) in [5.41, 5.74) is 2.88. The van der Waals surface area contributed by atoms with E-state index in [1.165, 1.54) is 0 Å². The third kappa shape index (κ3) is 2.81. The molecule has 2 heteroatoms. The molecule has 0 radical (unpaired) electrons. The lowest BCUT2D eigenvalue weighted by molar-refractivity contribution is 0.181. The van der Waals surface area contributed by atoms with E-state index in [1.54, 1.807) is 6.08 Å². The van der Waals surface area contributed by atoms with Gasteiger partial charge in [0.15, 0.2) is 0 Å². The van der Waals surface area contributed by atoms with Gasteiger partial charge in [-0.25, -0.2) is 0 Å². The second-order valence-electron chi connectivity index (χ2n) is 4.15. The highest BCUT2D eigenvalue weighted by molar-refractivity contribution is 6.33. The van der Waals surface area contributed by atoms with E-state index in [9.17, 15) is 5.11 Å². The van der Waals surface area contributed by atoms with E-state index in [2.05, 4.69) is 6.58 Å². The summed E-state index contributed by atoms with van der Waals surface area (Å²) in [6.45, 7) is 3.64. The van der Waals surface area contributed by atoms with Crippen molar-refractivity contribution in [1.29, 1.82) is 0 Å². The molecule has 0 amide bonds. The normalized spacial score (nSPS) is 12.1. The highest BCUT2D eigenvalue weighted by Gasteiger charge is 2.08. The fourth-order valence-electron chi connectivity index (χ4n) is 1.90. The van der Waals surface area contributed by atoms with Crippen LogP contribution in [0.3, 0.4) is 0 Å². The van der Waals surface area contributed by atoms with Crippen molar-refractivity contribution in [3.8, 4) is 11.1 Å². The van der Waals surface area contributed by atoms with Crippen LogP contribution in [0.2, 0.25) is 5.02 Å². The van der Waals surface area contributed by atoms with Crippen LogP contribution in [0, 0.1) is 0 Å². The number of benzene rings is 2. The van der Waals surface area contributed by atoms with Crippen LogP contribution >= 0.6 is 11.6 Å². The first-order valence-corrected chi connectivity index (χ1v) is 6.24. The van der Waals surface area contributed by atoms with Gasteiger partial charge in [-0.2, -0.15) is 0 Å². The quantitative estimate of drug-likeness (QED) is 0.794. The molecule has 92 valence electrons. The van der Waals surface area contributed by atoms with Crippen LogP contribution in [-0.2, 0) is 0 Å². The van der Waals surface area contributed by atoms with E-state index in [0.29, 0.717) is 11.4 Å². The molecule has 0 heterocycles. The summed E-state index contributed by atoms with van der Waals surface area (Å²) in [4.78, 5) is 0. The first kappa shape index (κ1) is 12.9. The lowest BCUT2D eigenvalue weighted by Gasteiger charge is -2.11. The van der Waals surface area contributed by atoms with E-state index in [0.717, 1.165) is 16.7 Å². The maximum Gasteiger partial charge on any atom is 0.0824 e. The predicted molar refractivity (Wildman–Crippen MR) is 76.7 cm³/mol. The number of hydrogen-bond donors (Lipinski definition) is 1. The summed E-state index contributed by atoms with van der Waals surface area (Å²) in [6.07, 6.45) is 1.75. The van der Waals surface area contributed by atoms with Gasteiger partial charge < -0.3 is 5.11 Å². The summed E-state index contributed by atoms with van der Waals surface area (Å²) in [5.74, 6) is 0. The van der Waals surface area contributed by atoms with Gasteiger partial charge in [-0.05, 0) is 29.7 Å². The van der Waals surface area contributed by atoms with Crippen LogP contribution in [0.25, 0.3) is 11.1 Å². The number of halogens is 1. The molecule has 2 rings (SSSR count). The van der Waals surface area contributed by atoms with Gasteiger partial charge in [0, 0.05) is 10.6 Å². The van der Waals surface area contributed by atoms with Crippen molar-refractivity contribution in [2.24, 2.45) is 0 Å². The summed E-state index contributed by atoms with van der Waals surface area (Å²) >= 11 is 6.17. The molecule has 0 bridgehead atoms. The molecule has 0 aliphatic heterocycles. The topological polar surface area (TPSA) is 20.2 Å². The molecule has 0 fully saturated rings. The van der Waals surface area contributed by atoms with Crippen molar-refractivity contribution in [2.75, 3.05) is 0 Å². The van der Waals surface area contributed by atoms with Crippen molar-refractivity contribution in [1.82, 2.24) is 0 Å².